The number of aromatic nitrogens is 2. The Hall–Kier alpha value is -3.80. The third-order valence-corrected chi connectivity index (χ3v) is 5.26. The second-order valence-corrected chi connectivity index (χ2v) is 7.75. The second kappa shape index (κ2) is 9.69. The zero-order valence-corrected chi connectivity index (χ0v) is 18.5. The van der Waals surface area contributed by atoms with Gasteiger partial charge in [0.1, 0.15) is 12.4 Å². The van der Waals surface area contributed by atoms with Crippen molar-refractivity contribution < 1.29 is 45.3 Å². The highest BCUT2D eigenvalue weighted by atomic mass is 19.4. The van der Waals surface area contributed by atoms with E-state index in [1.54, 1.807) is 18.2 Å². The van der Waals surface area contributed by atoms with Crippen LogP contribution < -0.4 is 4.74 Å². The van der Waals surface area contributed by atoms with E-state index >= 15 is 0 Å². The van der Waals surface area contributed by atoms with Crippen molar-refractivity contribution >= 4 is 27.8 Å². The third kappa shape index (κ3) is 5.08. The van der Waals surface area contributed by atoms with E-state index in [1.165, 1.54) is 7.11 Å². The minimum Gasteiger partial charge on any atom is -0.488 e. The summed E-state index contributed by atoms with van der Waals surface area (Å²) in [4.78, 5) is 19.4. The molecule has 0 aliphatic heterocycles. The summed E-state index contributed by atoms with van der Waals surface area (Å²) in [6, 6.07) is 14.3. The first kappa shape index (κ1) is 25.3. The third-order valence-electron chi connectivity index (χ3n) is 5.26. The number of fused-ring (bicyclic) bond motifs is 3. The molecule has 0 atom stereocenters. The van der Waals surface area contributed by atoms with Gasteiger partial charge in [-0.2, -0.15) is 26.3 Å². The SMILES string of the molecule is COCc1c(C(=O)OC(C(F)(F)F)C(F)(F)F)ncc2[nH]c3cccc(OCc4ccccc4)c3c12. The maximum absolute atomic E-state index is 13.0. The van der Waals surface area contributed by atoms with E-state index in [-0.39, 0.29) is 18.8 Å². The van der Waals surface area contributed by atoms with Crippen molar-refractivity contribution in [3.8, 4) is 5.75 Å². The maximum Gasteiger partial charge on any atom is 0.434 e. The van der Waals surface area contributed by atoms with Gasteiger partial charge in [-0.15, -0.1) is 0 Å². The molecule has 0 fully saturated rings. The second-order valence-electron chi connectivity index (χ2n) is 7.75. The molecule has 2 heterocycles. The number of ether oxygens (including phenoxy) is 3. The number of methoxy groups -OCH3 is 1. The summed E-state index contributed by atoms with van der Waals surface area (Å²) in [5.41, 5.74) is 0.991. The Morgan fingerprint density at radius 2 is 1.61 bits per heavy atom. The molecular formula is C24H18F6N2O4. The van der Waals surface area contributed by atoms with Gasteiger partial charge in [-0.1, -0.05) is 36.4 Å². The number of H-pyrrole nitrogens is 1. The van der Waals surface area contributed by atoms with Crippen LogP contribution in [0.15, 0.2) is 54.7 Å². The normalized spacial score (nSPS) is 12.4. The van der Waals surface area contributed by atoms with Gasteiger partial charge in [0.15, 0.2) is 5.69 Å². The van der Waals surface area contributed by atoms with E-state index in [2.05, 4.69) is 14.7 Å². The van der Waals surface area contributed by atoms with Crippen LogP contribution in [0.3, 0.4) is 0 Å². The Kier molecular flexibility index (Phi) is 6.81. The lowest BCUT2D eigenvalue weighted by Gasteiger charge is -2.23. The lowest BCUT2D eigenvalue weighted by molar-refractivity contribution is -0.307. The number of esters is 1. The number of rotatable bonds is 7. The van der Waals surface area contributed by atoms with Gasteiger partial charge in [-0.25, -0.2) is 9.78 Å². The van der Waals surface area contributed by atoms with Crippen LogP contribution in [0, 0.1) is 0 Å². The van der Waals surface area contributed by atoms with Crippen LogP contribution in [0.25, 0.3) is 21.8 Å². The van der Waals surface area contributed by atoms with Crippen LogP contribution in [0.1, 0.15) is 21.6 Å². The molecule has 4 rings (SSSR count). The zero-order chi connectivity index (χ0) is 26.1. The highest BCUT2D eigenvalue weighted by molar-refractivity contribution is 6.13. The average molecular weight is 512 g/mol. The number of hydrogen-bond donors (Lipinski definition) is 1. The molecule has 0 saturated heterocycles. The first-order chi connectivity index (χ1) is 17.0. The Morgan fingerprint density at radius 3 is 2.25 bits per heavy atom. The van der Waals surface area contributed by atoms with Crippen LogP contribution >= 0.6 is 0 Å². The molecule has 6 nitrogen and oxygen atoms in total. The lowest BCUT2D eigenvalue weighted by Crippen LogP contribution is -2.45. The fourth-order valence-corrected chi connectivity index (χ4v) is 3.77. The number of nitrogens with one attached hydrogen (secondary N) is 1. The van der Waals surface area contributed by atoms with Gasteiger partial charge >= 0.3 is 18.3 Å². The van der Waals surface area contributed by atoms with Crippen LogP contribution in [0.4, 0.5) is 26.3 Å². The van der Waals surface area contributed by atoms with Crippen molar-refractivity contribution in [2.45, 2.75) is 31.7 Å². The molecule has 0 aliphatic carbocycles. The molecule has 0 spiro atoms. The lowest BCUT2D eigenvalue weighted by atomic mass is 10.0. The minimum absolute atomic E-state index is 0.0508. The molecule has 12 heteroatoms. The monoisotopic (exact) mass is 512 g/mol. The van der Waals surface area contributed by atoms with Crippen LogP contribution in [0.5, 0.6) is 5.75 Å². The van der Waals surface area contributed by atoms with Crippen LogP contribution in [0.2, 0.25) is 0 Å². The van der Waals surface area contributed by atoms with Gasteiger partial charge < -0.3 is 19.2 Å². The summed E-state index contributed by atoms with van der Waals surface area (Å²) in [6.07, 6.45) is -14.9. The van der Waals surface area contributed by atoms with E-state index in [0.29, 0.717) is 27.6 Å². The fourth-order valence-electron chi connectivity index (χ4n) is 3.77. The van der Waals surface area contributed by atoms with E-state index in [0.717, 1.165) is 11.8 Å². The molecule has 0 radical (unpaired) electrons. The number of carbonyl (C=O) groups excluding carboxylic acids is 1. The molecule has 1 N–H and O–H groups in total. The van der Waals surface area contributed by atoms with E-state index < -0.39 is 30.1 Å². The number of nitrogens with zero attached hydrogens (tertiary/aromatic N) is 1. The van der Waals surface area contributed by atoms with Gasteiger partial charge in [-0.05, 0) is 17.7 Å². The minimum atomic E-state index is -5.86. The van der Waals surface area contributed by atoms with Gasteiger partial charge in [0, 0.05) is 23.4 Å². The molecule has 0 unspecified atom stereocenters. The van der Waals surface area contributed by atoms with Gasteiger partial charge in [-0.3, -0.25) is 0 Å². The molecule has 0 saturated carbocycles. The molecule has 36 heavy (non-hydrogen) atoms. The van der Waals surface area contributed by atoms with Crippen LogP contribution in [-0.4, -0.2) is 41.5 Å². The number of halogens is 6. The molecule has 4 aromatic rings. The Balaban J connectivity index is 1.81. The van der Waals surface area contributed by atoms with Gasteiger partial charge in [0.05, 0.1) is 23.8 Å². The number of alkyl halides is 6. The maximum atomic E-state index is 13.0. The predicted octanol–water partition coefficient (Wildman–Crippen LogP) is 6.09. The number of carbonyl (C=O) groups is 1. The van der Waals surface area contributed by atoms with Crippen molar-refractivity contribution in [2.24, 2.45) is 0 Å². The fraction of sp³-hybridized carbons (Fsp3) is 0.250. The van der Waals surface area contributed by atoms with Crippen molar-refractivity contribution in [3.05, 3.63) is 71.5 Å². The van der Waals surface area contributed by atoms with Crippen molar-refractivity contribution in [2.75, 3.05) is 7.11 Å². The smallest absolute Gasteiger partial charge is 0.434 e. The molecular weight excluding hydrogens is 494 g/mol. The summed E-state index contributed by atoms with van der Waals surface area (Å²) in [6.45, 7) is -0.164. The summed E-state index contributed by atoms with van der Waals surface area (Å²) in [5.74, 6) is -1.52. The summed E-state index contributed by atoms with van der Waals surface area (Å²) >= 11 is 0. The first-order valence-corrected chi connectivity index (χ1v) is 10.4. The van der Waals surface area contributed by atoms with Crippen molar-refractivity contribution in [1.82, 2.24) is 9.97 Å². The topological polar surface area (TPSA) is 73.4 Å². The van der Waals surface area contributed by atoms with E-state index in [1.807, 2.05) is 30.3 Å². The number of aromatic amines is 1. The summed E-state index contributed by atoms with van der Waals surface area (Å²) in [5, 5.41) is 0.753. The molecule has 190 valence electrons. The summed E-state index contributed by atoms with van der Waals surface area (Å²) < 4.78 is 92.7. The zero-order valence-electron chi connectivity index (χ0n) is 18.5. The molecule has 2 aromatic carbocycles. The first-order valence-electron chi connectivity index (χ1n) is 10.4. The number of pyridine rings is 1. The highest BCUT2D eigenvalue weighted by Gasteiger charge is 2.60. The highest BCUT2D eigenvalue weighted by Crippen LogP contribution is 2.39. The van der Waals surface area contributed by atoms with Gasteiger partial charge in [0.2, 0.25) is 0 Å². The van der Waals surface area contributed by atoms with Crippen molar-refractivity contribution in [3.63, 3.8) is 0 Å². The number of benzene rings is 2. The van der Waals surface area contributed by atoms with E-state index in [4.69, 9.17) is 9.47 Å². The summed E-state index contributed by atoms with van der Waals surface area (Å²) in [7, 11) is 1.25. The Bertz CT molecular complexity index is 1370. The Labute approximate surface area is 199 Å². The molecule has 0 bridgehead atoms. The Morgan fingerprint density at radius 1 is 0.917 bits per heavy atom. The molecule has 0 aliphatic rings. The average Bonchev–Trinajstić information content (AvgIpc) is 3.20. The van der Waals surface area contributed by atoms with Crippen molar-refractivity contribution in [1.29, 1.82) is 0 Å². The largest absolute Gasteiger partial charge is 0.488 e. The predicted molar refractivity (Wildman–Crippen MR) is 116 cm³/mol. The van der Waals surface area contributed by atoms with Crippen LogP contribution in [-0.2, 0) is 22.7 Å². The quantitative estimate of drug-likeness (QED) is 0.240. The standard InChI is InChI=1S/C24H18F6N2O4/c1-34-12-14-18-16(10-31-20(14)21(33)36-22(23(25,26)27)24(28,29)30)32-15-8-5-9-17(19(15)18)35-11-13-6-3-2-4-7-13/h2-10,22,32H,11-12H2,1H3. The van der Waals surface area contributed by atoms with E-state index in [9.17, 15) is 31.1 Å². The number of hydrogen-bond acceptors (Lipinski definition) is 5. The molecule has 0 amide bonds. The van der Waals surface area contributed by atoms with Gasteiger partial charge in [0.25, 0.3) is 6.10 Å². The molecule has 2 aromatic heterocycles.